The highest BCUT2D eigenvalue weighted by molar-refractivity contribution is 7.19. The Morgan fingerprint density at radius 1 is 1.29 bits per heavy atom. The smallest absolute Gasteiger partial charge is 0.0733 e. The van der Waals surface area contributed by atoms with Crippen LogP contribution in [0.4, 0.5) is 0 Å². The molecule has 0 saturated heterocycles. The van der Waals surface area contributed by atoms with Gasteiger partial charge in [0.2, 0.25) is 0 Å². The van der Waals surface area contributed by atoms with Crippen molar-refractivity contribution in [2.75, 3.05) is 6.61 Å². The fourth-order valence-corrected chi connectivity index (χ4v) is 2.67. The van der Waals surface area contributed by atoms with Crippen molar-refractivity contribution in [3.05, 3.63) is 34.7 Å². The Balaban J connectivity index is 2.45. The van der Waals surface area contributed by atoms with E-state index in [0.29, 0.717) is 0 Å². The zero-order chi connectivity index (χ0) is 9.97. The number of hydrogen-bond acceptors (Lipinski definition) is 2. The summed E-state index contributed by atoms with van der Waals surface area (Å²) in [5, 5.41) is 1.35. The van der Waals surface area contributed by atoms with Crippen LogP contribution in [-0.2, 0) is 11.3 Å². The minimum Gasteiger partial charge on any atom is -0.377 e. The number of ether oxygens (including phenoxy) is 1. The van der Waals surface area contributed by atoms with Crippen molar-refractivity contribution in [1.82, 2.24) is 0 Å². The number of aryl methyl sites for hydroxylation is 1. The molecule has 74 valence electrons. The van der Waals surface area contributed by atoms with Crippen LogP contribution in [0.3, 0.4) is 0 Å². The molecule has 0 bridgehead atoms. The zero-order valence-electron chi connectivity index (χ0n) is 8.54. The largest absolute Gasteiger partial charge is 0.377 e. The summed E-state index contributed by atoms with van der Waals surface area (Å²) in [6, 6.07) is 8.52. The fraction of sp³-hybridized carbons (Fsp3) is 0.333. The van der Waals surface area contributed by atoms with Gasteiger partial charge < -0.3 is 4.74 Å². The Labute approximate surface area is 88.3 Å². The van der Waals surface area contributed by atoms with Gasteiger partial charge in [-0.2, -0.15) is 0 Å². The van der Waals surface area contributed by atoms with E-state index >= 15 is 0 Å². The monoisotopic (exact) mass is 206 g/mol. The molecule has 0 fully saturated rings. The van der Waals surface area contributed by atoms with Crippen LogP contribution in [0.2, 0.25) is 0 Å². The number of hydrogen-bond donors (Lipinski definition) is 0. The second kappa shape index (κ2) is 4.11. The minimum atomic E-state index is 0.742. The molecule has 2 aromatic rings. The van der Waals surface area contributed by atoms with Gasteiger partial charge in [0, 0.05) is 16.2 Å². The van der Waals surface area contributed by atoms with Crippen LogP contribution in [0.25, 0.3) is 10.1 Å². The van der Waals surface area contributed by atoms with E-state index in [2.05, 4.69) is 31.2 Å². The standard InChI is InChI=1S/C12H14OS/c1-3-13-8-11-9(2)14-12-7-5-4-6-10(11)12/h4-7H,3,8H2,1-2H3. The molecule has 0 spiro atoms. The summed E-state index contributed by atoms with van der Waals surface area (Å²) in [6.07, 6.45) is 0. The van der Waals surface area contributed by atoms with Gasteiger partial charge in [-0.3, -0.25) is 0 Å². The molecule has 14 heavy (non-hydrogen) atoms. The van der Waals surface area contributed by atoms with Gasteiger partial charge in [0.15, 0.2) is 0 Å². The van der Waals surface area contributed by atoms with E-state index < -0.39 is 0 Å². The lowest BCUT2D eigenvalue weighted by molar-refractivity contribution is 0.135. The topological polar surface area (TPSA) is 9.23 Å². The highest BCUT2D eigenvalue weighted by Gasteiger charge is 2.07. The van der Waals surface area contributed by atoms with Gasteiger partial charge in [-0.1, -0.05) is 18.2 Å². The third-order valence-electron chi connectivity index (χ3n) is 2.35. The van der Waals surface area contributed by atoms with Crippen molar-refractivity contribution in [3.63, 3.8) is 0 Å². The van der Waals surface area contributed by atoms with Crippen LogP contribution in [-0.4, -0.2) is 6.61 Å². The highest BCUT2D eigenvalue weighted by Crippen LogP contribution is 2.30. The summed E-state index contributed by atoms with van der Waals surface area (Å²) < 4.78 is 6.83. The van der Waals surface area contributed by atoms with Gasteiger partial charge in [0.1, 0.15) is 0 Å². The quantitative estimate of drug-likeness (QED) is 0.743. The van der Waals surface area contributed by atoms with Gasteiger partial charge in [0.25, 0.3) is 0 Å². The average Bonchev–Trinajstić information content (AvgIpc) is 2.51. The molecule has 0 saturated carbocycles. The minimum absolute atomic E-state index is 0.742. The molecule has 2 rings (SSSR count). The maximum atomic E-state index is 5.47. The van der Waals surface area contributed by atoms with E-state index in [-0.39, 0.29) is 0 Å². The van der Waals surface area contributed by atoms with Crippen LogP contribution in [0.15, 0.2) is 24.3 Å². The number of benzene rings is 1. The van der Waals surface area contributed by atoms with E-state index in [1.165, 1.54) is 20.5 Å². The maximum Gasteiger partial charge on any atom is 0.0733 e. The van der Waals surface area contributed by atoms with Crippen molar-refractivity contribution in [2.45, 2.75) is 20.5 Å². The summed E-state index contributed by atoms with van der Waals surface area (Å²) in [5.74, 6) is 0. The molecule has 1 aromatic carbocycles. The number of rotatable bonds is 3. The van der Waals surface area contributed by atoms with Crippen LogP contribution < -0.4 is 0 Å². The predicted molar refractivity (Wildman–Crippen MR) is 61.9 cm³/mol. The first-order chi connectivity index (χ1) is 6.83. The Hall–Kier alpha value is -0.860. The first-order valence-corrected chi connectivity index (χ1v) is 5.69. The molecule has 0 aliphatic carbocycles. The van der Waals surface area contributed by atoms with Gasteiger partial charge in [0.05, 0.1) is 6.61 Å². The molecule has 2 heteroatoms. The van der Waals surface area contributed by atoms with Gasteiger partial charge in [-0.15, -0.1) is 11.3 Å². The van der Waals surface area contributed by atoms with Gasteiger partial charge in [-0.25, -0.2) is 0 Å². The van der Waals surface area contributed by atoms with Gasteiger partial charge in [-0.05, 0) is 30.9 Å². The Kier molecular flexibility index (Phi) is 2.85. The molecule has 0 radical (unpaired) electrons. The van der Waals surface area contributed by atoms with E-state index in [1.54, 1.807) is 0 Å². The Morgan fingerprint density at radius 3 is 2.86 bits per heavy atom. The lowest BCUT2D eigenvalue weighted by Crippen LogP contribution is -1.91. The third-order valence-corrected chi connectivity index (χ3v) is 3.48. The molecular formula is C12H14OS. The summed E-state index contributed by atoms with van der Waals surface area (Å²) in [6.45, 7) is 5.72. The third kappa shape index (κ3) is 1.68. The highest BCUT2D eigenvalue weighted by atomic mass is 32.1. The van der Waals surface area contributed by atoms with Crippen molar-refractivity contribution in [3.8, 4) is 0 Å². The SMILES string of the molecule is CCOCc1c(C)sc2ccccc12. The van der Waals surface area contributed by atoms with Crippen molar-refractivity contribution in [2.24, 2.45) is 0 Å². The van der Waals surface area contributed by atoms with E-state index in [0.717, 1.165) is 13.2 Å². The van der Waals surface area contributed by atoms with Crippen LogP contribution in [0, 0.1) is 6.92 Å². The molecule has 0 unspecified atom stereocenters. The summed E-state index contributed by atoms with van der Waals surface area (Å²) in [7, 11) is 0. The molecule has 0 atom stereocenters. The first kappa shape index (κ1) is 9.69. The second-order valence-electron chi connectivity index (χ2n) is 3.27. The molecule has 0 aliphatic rings. The molecule has 1 aromatic heterocycles. The average molecular weight is 206 g/mol. The van der Waals surface area contributed by atoms with E-state index in [4.69, 9.17) is 4.74 Å². The molecule has 1 nitrogen and oxygen atoms in total. The van der Waals surface area contributed by atoms with E-state index in [9.17, 15) is 0 Å². The van der Waals surface area contributed by atoms with Crippen LogP contribution in [0.5, 0.6) is 0 Å². The molecule has 0 N–H and O–H groups in total. The van der Waals surface area contributed by atoms with Crippen molar-refractivity contribution < 1.29 is 4.74 Å². The molecule has 0 amide bonds. The normalized spacial score (nSPS) is 11.0. The lowest BCUT2D eigenvalue weighted by Gasteiger charge is -2.01. The summed E-state index contributed by atoms with van der Waals surface area (Å²) >= 11 is 1.85. The molecule has 1 heterocycles. The zero-order valence-corrected chi connectivity index (χ0v) is 9.36. The summed E-state index contributed by atoms with van der Waals surface area (Å²) in [4.78, 5) is 1.37. The number of fused-ring (bicyclic) bond motifs is 1. The fourth-order valence-electron chi connectivity index (χ4n) is 1.60. The molecule has 0 aliphatic heterocycles. The number of thiophene rings is 1. The second-order valence-corrected chi connectivity index (χ2v) is 4.53. The predicted octanol–water partition coefficient (Wildman–Crippen LogP) is 3.75. The summed E-state index contributed by atoms with van der Waals surface area (Å²) in [5.41, 5.74) is 1.35. The van der Waals surface area contributed by atoms with Crippen LogP contribution in [0.1, 0.15) is 17.4 Å². The molecular weight excluding hydrogens is 192 g/mol. The Morgan fingerprint density at radius 2 is 2.07 bits per heavy atom. The van der Waals surface area contributed by atoms with Gasteiger partial charge >= 0.3 is 0 Å². The first-order valence-electron chi connectivity index (χ1n) is 4.87. The maximum absolute atomic E-state index is 5.47. The van der Waals surface area contributed by atoms with E-state index in [1.807, 2.05) is 18.3 Å². The Bertz CT molecular complexity index is 431. The lowest BCUT2D eigenvalue weighted by atomic mass is 10.1. The van der Waals surface area contributed by atoms with Crippen molar-refractivity contribution >= 4 is 21.4 Å². The van der Waals surface area contributed by atoms with Crippen LogP contribution >= 0.6 is 11.3 Å². The van der Waals surface area contributed by atoms with Crippen molar-refractivity contribution in [1.29, 1.82) is 0 Å².